The molecular weight excluding hydrogens is 254 g/mol. The zero-order chi connectivity index (χ0) is 15.0. The van der Waals surface area contributed by atoms with Crippen molar-refractivity contribution in [2.75, 3.05) is 19.6 Å². The van der Waals surface area contributed by atoms with Crippen LogP contribution in [0.5, 0.6) is 5.75 Å². The number of hydrogen-bond donors (Lipinski definition) is 1. The zero-order valence-electron chi connectivity index (χ0n) is 12.8. The van der Waals surface area contributed by atoms with Crippen molar-refractivity contribution in [3.8, 4) is 5.75 Å². The van der Waals surface area contributed by atoms with Gasteiger partial charge in [0.2, 0.25) is 0 Å². The maximum atomic E-state index is 12.1. The lowest BCUT2D eigenvalue weighted by Gasteiger charge is -2.23. The molecule has 1 rings (SSSR count). The third-order valence-corrected chi connectivity index (χ3v) is 3.09. The largest absolute Gasteiger partial charge is 0.479 e. The maximum absolute atomic E-state index is 12.1. The Morgan fingerprint density at radius 3 is 2.55 bits per heavy atom. The normalized spacial score (nSPS) is 12.0. The van der Waals surface area contributed by atoms with Gasteiger partial charge in [-0.3, -0.25) is 9.78 Å². The van der Waals surface area contributed by atoms with Gasteiger partial charge in [-0.15, -0.1) is 0 Å². The van der Waals surface area contributed by atoms with Crippen molar-refractivity contribution in [1.29, 1.82) is 0 Å². The summed E-state index contributed by atoms with van der Waals surface area (Å²) in [5.41, 5.74) is 0.960. The van der Waals surface area contributed by atoms with Gasteiger partial charge in [-0.05, 0) is 39.4 Å². The second-order valence-corrected chi connectivity index (χ2v) is 4.54. The lowest BCUT2D eigenvalue weighted by molar-refractivity contribution is -0.137. The van der Waals surface area contributed by atoms with Crippen LogP contribution in [-0.2, 0) is 11.3 Å². The highest BCUT2D eigenvalue weighted by atomic mass is 16.5. The number of carbonyl (C=O) groups excluding carboxylic acids is 1. The average Bonchev–Trinajstić information content (AvgIpc) is 2.47. The summed E-state index contributed by atoms with van der Waals surface area (Å²) in [6, 6.07) is 3.76. The zero-order valence-corrected chi connectivity index (χ0v) is 12.8. The number of nitrogens with zero attached hydrogens (tertiary/aromatic N) is 2. The molecule has 0 bridgehead atoms. The van der Waals surface area contributed by atoms with E-state index in [0.717, 1.165) is 18.8 Å². The van der Waals surface area contributed by atoms with Crippen LogP contribution in [0.2, 0.25) is 0 Å². The van der Waals surface area contributed by atoms with Gasteiger partial charge < -0.3 is 15.0 Å². The minimum Gasteiger partial charge on any atom is -0.479 e. The van der Waals surface area contributed by atoms with Crippen molar-refractivity contribution in [2.45, 2.75) is 40.3 Å². The van der Waals surface area contributed by atoms with Crippen molar-refractivity contribution in [3.05, 3.63) is 24.0 Å². The van der Waals surface area contributed by atoms with Crippen LogP contribution >= 0.6 is 0 Å². The van der Waals surface area contributed by atoms with E-state index in [1.54, 1.807) is 18.0 Å². The third kappa shape index (κ3) is 4.81. The number of ether oxygens (including phenoxy) is 1. The van der Waals surface area contributed by atoms with Gasteiger partial charge in [-0.2, -0.15) is 0 Å². The fourth-order valence-electron chi connectivity index (χ4n) is 1.89. The fraction of sp³-hybridized carbons (Fsp3) is 0.600. The number of aromatic nitrogens is 1. The highest BCUT2D eigenvalue weighted by Crippen LogP contribution is 2.12. The van der Waals surface area contributed by atoms with Crippen LogP contribution in [0.15, 0.2) is 18.3 Å². The van der Waals surface area contributed by atoms with Gasteiger partial charge in [0.25, 0.3) is 5.91 Å². The van der Waals surface area contributed by atoms with Crippen molar-refractivity contribution < 1.29 is 9.53 Å². The Balaban J connectivity index is 2.57. The second kappa shape index (κ2) is 8.53. The molecule has 1 unspecified atom stereocenters. The number of pyridine rings is 1. The van der Waals surface area contributed by atoms with E-state index in [1.165, 1.54) is 0 Å². The third-order valence-electron chi connectivity index (χ3n) is 3.09. The molecule has 0 aromatic carbocycles. The van der Waals surface area contributed by atoms with Gasteiger partial charge in [-0.1, -0.05) is 6.92 Å². The summed E-state index contributed by atoms with van der Waals surface area (Å²) in [6.07, 6.45) is 1.18. The molecule has 1 aromatic rings. The second-order valence-electron chi connectivity index (χ2n) is 4.54. The van der Waals surface area contributed by atoms with Crippen LogP contribution in [-0.4, -0.2) is 41.5 Å². The van der Waals surface area contributed by atoms with Gasteiger partial charge in [-0.25, -0.2) is 0 Å². The lowest BCUT2D eigenvalue weighted by atomic mass is 10.3. The summed E-state index contributed by atoms with van der Waals surface area (Å²) in [7, 11) is 0. The van der Waals surface area contributed by atoms with E-state index < -0.39 is 6.10 Å². The van der Waals surface area contributed by atoms with Crippen LogP contribution in [0, 0.1) is 0 Å². The Morgan fingerprint density at radius 1 is 1.35 bits per heavy atom. The first-order chi connectivity index (χ1) is 9.62. The van der Waals surface area contributed by atoms with Crippen molar-refractivity contribution in [2.24, 2.45) is 0 Å². The standard InChI is InChI=1S/C15H25N3O2/c1-5-16-10-13-8-9-14(11-17-13)20-12(4)15(19)18(6-2)7-3/h8-9,11-12,16H,5-7,10H2,1-4H3. The molecule has 0 aliphatic heterocycles. The molecule has 112 valence electrons. The highest BCUT2D eigenvalue weighted by Gasteiger charge is 2.19. The number of hydrogen-bond acceptors (Lipinski definition) is 4. The Labute approximate surface area is 121 Å². The molecule has 0 fully saturated rings. The first-order valence-corrected chi connectivity index (χ1v) is 7.23. The smallest absolute Gasteiger partial charge is 0.263 e. The summed E-state index contributed by atoms with van der Waals surface area (Å²) < 4.78 is 5.65. The molecule has 0 radical (unpaired) electrons. The monoisotopic (exact) mass is 279 g/mol. The van der Waals surface area contributed by atoms with Crippen LogP contribution in [0.3, 0.4) is 0 Å². The van der Waals surface area contributed by atoms with E-state index in [0.29, 0.717) is 18.8 Å². The first-order valence-electron chi connectivity index (χ1n) is 7.23. The van der Waals surface area contributed by atoms with Crippen molar-refractivity contribution >= 4 is 5.91 Å². The van der Waals surface area contributed by atoms with Crippen LogP contribution in [0.1, 0.15) is 33.4 Å². The average molecular weight is 279 g/mol. The summed E-state index contributed by atoms with van der Waals surface area (Å²) in [4.78, 5) is 18.2. The van der Waals surface area contributed by atoms with E-state index >= 15 is 0 Å². The van der Waals surface area contributed by atoms with Gasteiger partial charge >= 0.3 is 0 Å². The molecule has 20 heavy (non-hydrogen) atoms. The number of carbonyl (C=O) groups is 1. The molecule has 0 aliphatic carbocycles. The van der Waals surface area contributed by atoms with Crippen molar-refractivity contribution in [1.82, 2.24) is 15.2 Å². The molecular formula is C15H25N3O2. The molecule has 1 amide bonds. The lowest BCUT2D eigenvalue weighted by Crippen LogP contribution is -2.40. The van der Waals surface area contributed by atoms with E-state index in [-0.39, 0.29) is 5.91 Å². The maximum Gasteiger partial charge on any atom is 0.263 e. The van der Waals surface area contributed by atoms with E-state index in [4.69, 9.17) is 4.74 Å². The predicted octanol–water partition coefficient (Wildman–Crippen LogP) is 1.83. The quantitative estimate of drug-likeness (QED) is 0.789. The minimum absolute atomic E-state index is 0.00623. The summed E-state index contributed by atoms with van der Waals surface area (Å²) in [5.74, 6) is 0.630. The molecule has 0 spiro atoms. The molecule has 5 heteroatoms. The topological polar surface area (TPSA) is 54.5 Å². The summed E-state index contributed by atoms with van der Waals surface area (Å²) >= 11 is 0. The van der Waals surface area contributed by atoms with Crippen LogP contribution in [0.4, 0.5) is 0 Å². The Bertz CT molecular complexity index is 402. The van der Waals surface area contributed by atoms with E-state index in [1.807, 2.05) is 26.0 Å². The number of amides is 1. The highest BCUT2D eigenvalue weighted by molar-refractivity contribution is 5.80. The van der Waals surface area contributed by atoms with E-state index in [2.05, 4.69) is 17.2 Å². The number of rotatable bonds is 8. The summed E-state index contributed by atoms with van der Waals surface area (Å²) in [6.45, 7) is 10.8. The van der Waals surface area contributed by atoms with Gasteiger partial charge in [0.05, 0.1) is 11.9 Å². The molecule has 1 aromatic heterocycles. The van der Waals surface area contributed by atoms with Crippen molar-refractivity contribution in [3.63, 3.8) is 0 Å². The first kappa shape index (κ1) is 16.4. The number of likely N-dealkylation sites (N-methyl/N-ethyl adjacent to an activating group) is 1. The Kier molecular flexibility index (Phi) is 7.01. The molecule has 1 atom stereocenters. The minimum atomic E-state index is -0.490. The molecule has 0 aliphatic rings. The number of nitrogens with one attached hydrogen (secondary N) is 1. The van der Waals surface area contributed by atoms with Crippen LogP contribution < -0.4 is 10.1 Å². The molecule has 1 N–H and O–H groups in total. The predicted molar refractivity (Wildman–Crippen MR) is 79.6 cm³/mol. The molecule has 1 heterocycles. The Morgan fingerprint density at radius 2 is 2.05 bits per heavy atom. The van der Waals surface area contributed by atoms with Crippen LogP contribution in [0.25, 0.3) is 0 Å². The van der Waals surface area contributed by atoms with Gasteiger partial charge in [0, 0.05) is 19.6 Å². The molecule has 5 nitrogen and oxygen atoms in total. The Hall–Kier alpha value is -1.62. The van der Waals surface area contributed by atoms with E-state index in [9.17, 15) is 4.79 Å². The summed E-state index contributed by atoms with van der Waals surface area (Å²) in [5, 5.41) is 3.21. The molecule has 0 saturated carbocycles. The SMILES string of the molecule is CCNCc1ccc(OC(C)C(=O)N(CC)CC)cn1. The van der Waals surface area contributed by atoms with Gasteiger partial charge in [0.15, 0.2) is 6.10 Å². The fourth-order valence-corrected chi connectivity index (χ4v) is 1.89. The van der Waals surface area contributed by atoms with Gasteiger partial charge in [0.1, 0.15) is 5.75 Å². The molecule has 0 saturated heterocycles.